The van der Waals surface area contributed by atoms with Crippen molar-refractivity contribution in [1.82, 2.24) is 5.32 Å². The van der Waals surface area contributed by atoms with Gasteiger partial charge in [0.1, 0.15) is 0 Å². The molecule has 0 aromatic heterocycles. The minimum absolute atomic E-state index is 0.195. The van der Waals surface area contributed by atoms with E-state index in [9.17, 15) is 0 Å². The zero-order chi connectivity index (χ0) is 29.3. The molecule has 2 atom stereocenters. The molecule has 4 aromatic carbocycles. The first-order chi connectivity index (χ1) is 21.0. The molecule has 0 spiro atoms. The Morgan fingerprint density at radius 2 is 1.28 bits per heavy atom. The van der Waals surface area contributed by atoms with Crippen LogP contribution in [0, 0.1) is 5.41 Å². The Labute approximate surface area is 257 Å². The van der Waals surface area contributed by atoms with Gasteiger partial charge in [-0.15, -0.1) is 0 Å². The molecule has 0 fully saturated rings. The molecule has 214 valence electrons. The fourth-order valence-electron chi connectivity index (χ4n) is 7.42. The van der Waals surface area contributed by atoms with E-state index in [1.165, 1.54) is 87.9 Å². The number of hydrogen-bond donors (Lipinski definition) is 1. The van der Waals surface area contributed by atoms with Crippen LogP contribution in [0.5, 0.6) is 0 Å². The lowest BCUT2D eigenvalue weighted by molar-refractivity contribution is 0.252. The van der Waals surface area contributed by atoms with Gasteiger partial charge < -0.3 is 5.32 Å². The molecule has 4 aromatic rings. The van der Waals surface area contributed by atoms with Crippen LogP contribution < -0.4 is 5.32 Å². The predicted molar refractivity (Wildman–Crippen MR) is 182 cm³/mol. The normalized spacial score (nSPS) is 21.6. The standard InChI is InChI=1S/C42H41N/c1-41-27-14-13-24-38(41)36(33-21-11-6-12-22-33)30-40-37-29-35(25-26-39(37)42(41,2)43-40)34-23-15-20-32(28-34)19-8-4-3-7-16-31-17-9-5-10-18-31/h5-6,9-15,17-18,20-30,43H,3-4,7-8,16,19H2,1-2H3/t41?,42-/m0/s1. The van der Waals surface area contributed by atoms with Crippen LogP contribution >= 0.6 is 0 Å². The van der Waals surface area contributed by atoms with E-state index in [1.54, 1.807) is 0 Å². The van der Waals surface area contributed by atoms with Crippen LogP contribution in [0.1, 0.15) is 67.3 Å². The van der Waals surface area contributed by atoms with Gasteiger partial charge in [-0.1, -0.05) is 134 Å². The number of benzene rings is 4. The maximum Gasteiger partial charge on any atom is 0.0732 e. The molecule has 1 N–H and O–H groups in total. The summed E-state index contributed by atoms with van der Waals surface area (Å²) in [7, 11) is 0. The zero-order valence-electron chi connectivity index (χ0n) is 25.4. The van der Waals surface area contributed by atoms with Crippen molar-refractivity contribution in [2.24, 2.45) is 5.41 Å². The second-order valence-corrected chi connectivity index (χ2v) is 12.8. The minimum atomic E-state index is -0.248. The molecule has 0 saturated heterocycles. The Bertz CT molecular complexity index is 1750. The summed E-state index contributed by atoms with van der Waals surface area (Å²) in [6, 6.07) is 38.1. The average molecular weight is 560 g/mol. The first-order valence-electron chi connectivity index (χ1n) is 16.0. The molecule has 1 heteroatoms. The average Bonchev–Trinajstić information content (AvgIpc) is 3.29. The molecule has 1 nitrogen and oxygen atoms in total. The number of fused-ring (bicyclic) bond motifs is 7. The number of rotatable bonds is 9. The molecule has 2 aliphatic heterocycles. The number of allylic oxidation sites excluding steroid dienone is 5. The zero-order valence-corrected chi connectivity index (χ0v) is 25.4. The maximum atomic E-state index is 4.01. The lowest BCUT2D eigenvalue weighted by Crippen LogP contribution is -2.48. The molecule has 0 saturated carbocycles. The smallest absolute Gasteiger partial charge is 0.0732 e. The van der Waals surface area contributed by atoms with E-state index in [4.69, 9.17) is 0 Å². The van der Waals surface area contributed by atoms with Crippen molar-refractivity contribution < 1.29 is 0 Å². The van der Waals surface area contributed by atoms with Crippen LogP contribution in [0.15, 0.2) is 139 Å². The van der Waals surface area contributed by atoms with E-state index in [0.717, 1.165) is 6.42 Å². The second-order valence-electron chi connectivity index (χ2n) is 12.8. The van der Waals surface area contributed by atoms with Crippen LogP contribution in [0.2, 0.25) is 0 Å². The fraction of sp³-hybridized carbons (Fsp3) is 0.238. The highest BCUT2D eigenvalue weighted by molar-refractivity contribution is 5.93. The van der Waals surface area contributed by atoms with Gasteiger partial charge in [0.2, 0.25) is 0 Å². The van der Waals surface area contributed by atoms with Crippen molar-refractivity contribution in [3.05, 3.63) is 167 Å². The summed E-state index contributed by atoms with van der Waals surface area (Å²) in [4.78, 5) is 0. The van der Waals surface area contributed by atoms with Crippen LogP contribution in [0.4, 0.5) is 0 Å². The van der Waals surface area contributed by atoms with Crippen molar-refractivity contribution in [3.8, 4) is 11.1 Å². The van der Waals surface area contributed by atoms with Gasteiger partial charge >= 0.3 is 0 Å². The molecule has 0 radical (unpaired) electrons. The highest BCUT2D eigenvalue weighted by Gasteiger charge is 2.53. The van der Waals surface area contributed by atoms with Crippen LogP contribution in [-0.2, 0) is 18.4 Å². The van der Waals surface area contributed by atoms with Gasteiger partial charge in [0.05, 0.1) is 5.54 Å². The summed E-state index contributed by atoms with van der Waals surface area (Å²) in [6.45, 7) is 4.77. The third-order valence-electron chi connectivity index (χ3n) is 10.1. The van der Waals surface area contributed by atoms with Crippen LogP contribution in [0.25, 0.3) is 22.4 Å². The van der Waals surface area contributed by atoms with E-state index in [-0.39, 0.29) is 11.0 Å². The summed E-state index contributed by atoms with van der Waals surface area (Å²) < 4.78 is 0. The largest absolute Gasteiger partial charge is 0.374 e. The third-order valence-corrected chi connectivity index (χ3v) is 10.1. The Morgan fingerprint density at radius 3 is 2.07 bits per heavy atom. The third kappa shape index (κ3) is 5.01. The van der Waals surface area contributed by atoms with Gasteiger partial charge in [0, 0.05) is 16.7 Å². The van der Waals surface area contributed by atoms with E-state index < -0.39 is 0 Å². The van der Waals surface area contributed by atoms with Crippen molar-refractivity contribution >= 4 is 11.3 Å². The topological polar surface area (TPSA) is 12.0 Å². The van der Waals surface area contributed by atoms with Crippen LogP contribution in [0.3, 0.4) is 0 Å². The van der Waals surface area contributed by atoms with E-state index >= 15 is 0 Å². The molecule has 2 bridgehead atoms. The summed E-state index contributed by atoms with van der Waals surface area (Å²) in [6.07, 6.45) is 18.9. The van der Waals surface area contributed by atoms with E-state index in [1.807, 2.05) is 0 Å². The van der Waals surface area contributed by atoms with Crippen LogP contribution in [-0.4, -0.2) is 0 Å². The predicted octanol–water partition coefficient (Wildman–Crippen LogP) is 10.5. The molecule has 1 aliphatic carbocycles. The summed E-state index contributed by atoms with van der Waals surface area (Å²) >= 11 is 0. The molecule has 7 rings (SSSR count). The monoisotopic (exact) mass is 559 g/mol. The molecule has 43 heavy (non-hydrogen) atoms. The molecule has 0 amide bonds. The van der Waals surface area contributed by atoms with E-state index in [2.05, 4.69) is 153 Å². The van der Waals surface area contributed by atoms with Gasteiger partial charge in [-0.2, -0.15) is 0 Å². The lowest BCUT2D eigenvalue weighted by Gasteiger charge is -2.45. The molecular weight excluding hydrogens is 518 g/mol. The summed E-state index contributed by atoms with van der Waals surface area (Å²) in [5.41, 5.74) is 12.9. The SMILES string of the molecule is CC12C=CC=CC1=C(c1ccccc1)C=C1N[C@@]2(C)c2ccc(-c3cccc(CCCCCCc4ccccc4)c3)cc21. The quantitative estimate of drug-likeness (QED) is 0.201. The van der Waals surface area contributed by atoms with Gasteiger partial charge in [-0.3, -0.25) is 0 Å². The van der Waals surface area contributed by atoms with Gasteiger partial charge in [-0.25, -0.2) is 0 Å². The van der Waals surface area contributed by atoms with Crippen molar-refractivity contribution in [3.63, 3.8) is 0 Å². The minimum Gasteiger partial charge on any atom is -0.374 e. The first kappa shape index (κ1) is 27.5. The van der Waals surface area contributed by atoms with Crippen molar-refractivity contribution in [2.45, 2.75) is 57.9 Å². The molecule has 3 aliphatic rings. The molecule has 2 heterocycles. The number of aryl methyl sites for hydroxylation is 2. The van der Waals surface area contributed by atoms with Gasteiger partial charge in [0.15, 0.2) is 0 Å². The number of unbranched alkanes of at least 4 members (excludes halogenated alkanes) is 3. The van der Waals surface area contributed by atoms with Crippen molar-refractivity contribution in [2.75, 3.05) is 0 Å². The summed E-state index contributed by atoms with van der Waals surface area (Å²) in [5.74, 6) is 0. The number of hydrogen-bond acceptors (Lipinski definition) is 1. The highest BCUT2D eigenvalue weighted by atomic mass is 15.0. The Balaban J connectivity index is 1.13. The Kier molecular flexibility index (Phi) is 7.27. The Hall–Kier alpha value is -4.36. The lowest BCUT2D eigenvalue weighted by atomic mass is 9.61. The van der Waals surface area contributed by atoms with E-state index in [0.29, 0.717) is 0 Å². The molecule has 1 unspecified atom stereocenters. The highest BCUT2D eigenvalue weighted by Crippen LogP contribution is 2.57. The fourth-order valence-corrected chi connectivity index (χ4v) is 7.42. The first-order valence-corrected chi connectivity index (χ1v) is 16.0. The molecular formula is C42H41N. The second kappa shape index (κ2) is 11.4. The van der Waals surface area contributed by atoms with Gasteiger partial charge in [-0.05, 0) is 96.2 Å². The summed E-state index contributed by atoms with van der Waals surface area (Å²) in [5, 5.41) is 4.01. The van der Waals surface area contributed by atoms with Crippen molar-refractivity contribution in [1.29, 1.82) is 0 Å². The Morgan fingerprint density at radius 1 is 0.605 bits per heavy atom. The number of nitrogens with one attached hydrogen (secondary N) is 1. The van der Waals surface area contributed by atoms with Gasteiger partial charge in [0.25, 0.3) is 0 Å². The maximum absolute atomic E-state index is 4.01.